The molecule has 1 aromatic rings. The molecular formula is C11H23N5. The first-order valence-corrected chi connectivity index (χ1v) is 6.19. The Morgan fingerprint density at radius 2 is 2.12 bits per heavy atom. The second-order valence-electron chi connectivity index (χ2n) is 4.26. The van der Waals surface area contributed by atoms with E-state index in [-0.39, 0.29) is 0 Å². The number of hydrogen-bond donors (Lipinski definition) is 1. The maximum atomic E-state index is 4.23. The van der Waals surface area contributed by atoms with E-state index in [1.54, 1.807) is 7.05 Å². The normalized spacial score (nSPS) is 12.9. The zero-order chi connectivity index (χ0) is 11.8. The van der Waals surface area contributed by atoms with E-state index in [0.717, 1.165) is 25.3 Å². The third-order valence-electron chi connectivity index (χ3n) is 2.58. The Balaban J connectivity index is 2.37. The first-order valence-electron chi connectivity index (χ1n) is 6.19. The van der Waals surface area contributed by atoms with E-state index in [4.69, 9.17) is 0 Å². The van der Waals surface area contributed by atoms with Gasteiger partial charge in [-0.05, 0) is 37.1 Å². The lowest BCUT2D eigenvalue weighted by Crippen LogP contribution is -2.25. The molecule has 16 heavy (non-hydrogen) atoms. The highest BCUT2D eigenvalue weighted by Crippen LogP contribution is 2.10. The molecule has 0 bridgehead atoms. The summed E-state index contributed by atoms with van der Waals surface area (Å²) in [5, 5.41) is 15.6. The van der Waals surface area contributed by atoms with E-state index < -0.39 is 0 Å². The van der Waals surface area contributed by atoms with Crippen molar-refractivity contribution in [1.29, 1.82) is 0 Å². The lowest BCUT2D eigenvalue weighted by Gasteiger charge is -2.14. The van der Waals surface area contributed by atoms with E-state index in [1.165, 1.54) is 24.1 Å². The van der Waals surface area contributed by atoms with Gasteiger partial charge in [-0.1, -0.05) is 20.3 Å². The highest BCUT2D eigenvalue weighted by Gasteiger charge is 2.11. The van der Waals surface area contributed by atoms with Crippen LogP contribution in [0.1, 0.15) is 38.9 Å². The lowest BCUT2D eigenvalue weighted by atomic mass is 9.99. The summed E-state index contributed by atoms with van der Waals surface area (Å²) >= 11 is 0. The maximum Gasteiger partial charge on any atom is 0.175 e. The highest BCUT2D eigenvalue weighted by molar-refractivity contribution is 4.81. The molecule has 0 saturated carbocycles. The fourth-order valence-electron chi connectivity index (χ4n) is 1.83. The minimum Gasteiger partial charge on any atom is -0.316 e. The Hall–Kier alpha value is -0.970. The Morgan fingerprint density at radius 3 is 2.69 bits per heavy atom. The van der Waals surface area contributed by atoms with Crippen molar-refractivity contribution in [3.05, 3.63) is 5.82 Å². The monoisotopic (exact) mass is 225 g/mol. The second kappa shape index (κ2) is 7.33. The van der Waals surface area contributed by atoms with E-state index >= 15 is 0 Å². The fourth-order valence-corrected chi connectivity index (χ4v) is 1.83. The first kappa shape index (κ1) is 13.1. The third-order valence-corrected chi connectivity index (χ3v) is 2.58. The topological polar surface area (TPSA) is 55.6 Å². The van der Waals surface area contributed by atoms with Gasteiger partial charge in [-0.25, -0.2) is 0 Å². The van der Waals surface area contributed by atoms with Crippen LogP contribution in [0.2, 0.25) is 0 Å². The summed E-state index contributed by atoms with van der Waals surface area (Å²) in [5.41, 5.74) is 0. The Labute approximate surface area is 97.6 Å². The van der Waals surface area contributed by atoms with Crippen molar-refractivity contribution in [2.45, 2.75) is 39.5 Å². The Bertz CT molecular complexity index is 284. The molecule has 5 heteroatoms. The van der Waals surface area contributed by atoms with Crippen LogP contribution in [0.5, 0.6) is 0 Å². The fraction of sp³-hybridized carbons (Fsp3) is 0.909. The predicted molar refractivity (Wildman–Crippen MR) is 64.1 cm³/mol. The molecule has 5 nitrogen and oxygen atoms in total. The SMILES string of the molecule is CCCNCC(CCC)Cc1nnn(C)n1. The van der Waals surface area contributed by atoms with Crippen LogP contribution in [0.25, 0.3) is 0 Å². The summed E-state index contributed by atoms with van der Waals surface area (Å²) in [6.07, 6.45) is 4.54. The molecule has 0 radical (unpaired) electrons. The molecule has 0 amide bonds. The van der Waals surface area contributed by atoms with E-state index in [2.05, 4.69) is 34.6 Å². The molecule has 0 aliphatic rings. The average Bonchev–Trinajstić information content (AvgIpc) is 2.65. The van der Waals surface area contributed by atoms with Gasteiger partial charge < -0.3 is 5.32 Å². The molecule has 1 unspecified atom stereocenters. The van der Waals surface area contributed by atoms with E-state index in [0.29, 0.717) is 5.92 Å². The number of tetrazole rings is 1. The highest BCUT2D eigenvalue weighted by atomic mass is 15.6. The predicted octanol–water partition coefficient (Wildman–Crippen LogP) is 1.17. The van der Waals surface area contributed by atoms with Gasteiger partial charge in [0, 0.05) is 6.42 Å². The van der Waals surface area contributed by atoms with E-state index in [1.807, 2.05) is 0 Å². The van der Waals surface area contributed by atoms with Gasteiger partial charge in [-0.15, -0.1) is 10.2 Å². The quantitative estimate of drug-likeness (QED) is 0.675. The Kier molecular flexibility index (Phi) is 6.00. The van der Waals surface area contributed by atoms with Crippen molar-refractivity contribution in [3.8, 4) is 0 Å². The Morgan fingerprint density at radius 1 is 1.31 bits per heavy atom. The van der Waals surface area contributed by atoms with Crippen LogP contribution in [-0.4, -0.2) is 33.3 Å². The number of aromatic nitrogens is 4. The molecule has 0 aliphatic carbocycles. The molecule has 0 spiro atoms. The van der Waals surface area contributed by atoms with Crippen LogP contribution in [0.3, 0.4) is 0 Å². The number of nitrogens with zero attached hydrogens (tertiary/aromatic N) is 4. The van der Waals surface area contributed by atoms with Crippen molar-refractivity contribution >= 4 is 0 Å². The molecule has 1 rings (SSSR count). The molecular weight excluding hydrogens is 202 g/mol. The molecule has 0 saturated heterocycles. The van der Waals surface area contributed by atoms with Gasteiger partial charge in [0.2, 0.25) is 0 Å². The zero-order valence-electron chi connectivity index (χ0n) is 10.6. The minimum absolute atomic E-state index is 0.626. The van der Waals surface area contributed by atoms with Crippen molar-refractivity contribution in [1.82, 2.24) is 25.5 Å². The van der Waals surface area contributed by atoms with Crippen LogP contribution >= 0.6 is 0 Å². The summed E-state index contributed by atoms with van der Waals surface area (Å²) < 4.78 is 0. The lowest BCUT2D eigenvalue weighted by molar-refractivity contribution is 0.430. The van der Waals surface area contributed by atoms with Crippen LogP contribution < -0.4 is 5.32 Å². The van der Waals surface area contributed by atoms with Gasteiger partial charge in [0.05, 0.1) is 7.05 Å². The standard InChI is InChI=1S/C11H23N5/c1-4-6-10(9-12-7-5-2)8-11-13-15-16(3)14-11/h10,12H,4-9H2,1-3H3. The van der Waals surface area contributed by atoms with Crippen LogP contribution in [0.15, 0.2) is 0 Å². The van der Waals surface area contributed by atoms with Gasteiger partial charge in [-0.2, -0.15) is 4.80 Å². The van der Waals surface area contributed by atoms with Gasteiger partial charge in [0.15, 0.2) is 5.82 Å². The summed E-state index contributed by atoms with van der Waals surface area (Å²) in [5.74, 6) is 1.49. The summed E-state index contributed by atoms with van der Waals surface area (Å²) in [7, 11) is 1.81. The van der Waals surface area contributed by atoms with Crippen molar-refractivity contribution < 1.29 is 0 Å². The van der Waals surface area contributed by atoms with Crippen molar-refractivity contribution in [3.63, 3.8) is 0 Å². The van der Waals surface area contributed by atoms with E-state index in [9.17, 15) is 0 Å². The molecule has 1 atom stereocenters. The summed E-state index contributed by atoms with van der Waals surface area (Å²) in [6, 6.07) is 0. The summed E-state index contributed by atoms with van der Waals surface area (Å²) in [6.45, 7) is 6.55. The maximum absolute atomic E-state index is 4.23. The molecule has 1 aromatic heterocycles. The summed E-state index contributed by atoms with van der Waals surface area (Å²) in [4.78, 5) is 1.53. The van der Waals surface area contributed by atoms with Crippen molar-refractivity contribution in [2.24, 2.45) is 13.0 Å². The van der Waals surface area contributed by atoms with Crippen molar-refractivity contribution in [2.75, 3.05) is 13.1 Å². The minimum atomic E-state index is 0.626. The van der Waals surface area contributed by atoms with Crippen LogP contribution in [0.4, 0.5) is 0 Å². The van der Waals surface area contributed by atoms with Gasteiger partial charge >= 0.3 is 0 Å². The average molecular weight is 225 g/mol. The largest absolute Gasteiger partial charge is 0.316 e. The van der Waals surface area contributed by atoms with Gasteiger partial charge in [0.1, 0.15) is 0 Å². The molecule has 0 aromatic carbocycles. The molecule has 0 aliphatic heterocycles. The van der Waals surface area contributed by atoms with Crippen LogP contribution in [0, 0.1) is 5.92 Å². The van der Waals surface area contributed by atoms with Crippen LogP contribution in [-0.2, 0) is 13.5 Å². The number of hydrogen-bond acceptors (Lipinski definition) is 4. The second-order valence-corrected chi connectivity index (χ2v) is 4.26. The number of nitrogens with one attached hydrogen (secondary N) is 1. The first-order chi connectivity index (χ1) is 7.76. The third kappa shape index (κ3) is 4.70. The molecule has 92 valence electrons. The molecule has 0 fully saturated rings. The molecule has 1 N–H and O–H groups in total. The number of aryl methyl sites for hydroxylation is 1. The van der Waals surface area contributed by atoms with Gasteiger partial charge in [0.25, 0.3) is 0 Å². The van der Waals surface area contributed by atoms with Gasteiger partial charge in [-0.3, -0.25) is 0 Å². The number of rotatable bonds is 8. The smallest absolute Gasteiger partial charge is 0.175 e. The molecule has 1 heterocycles. The zero-order valence-corrected chi connectivity index (χ0v) is 10.6.